The molecule has 0 radical (unpaired) electrons. The summed E-state index contributed by atoms with van der Waals surface area (Å²) in [6.07, 6.45) is 1.90. The maximum Gasteiger partial charge on any atom is 0.151 e. The molecule has 72 valence electrons. The largest absolute Gasteiger partial charge is 0.384 e. The highest BCUT2D eigenvalue weighted by Crippen LogP contribution is 2.49. The summed E-state index contributed by atoms with van der Waals surface area (Å²) in [5.74, 6) is 0. The Morgan fingerprint density at radius 1 is 1.67 bits per heavy atom. The quantitative estimate of drug-likeness (QED) is 0.647. The van der Waals surface area contributed by atoms with Gasteiger partial charge in [0.25, 0.3) is 0 Å². The topological polar surface area (TPSA) is 69.4 Å². The smallest absolute Gasteiger partial charge is 0.151 e. The van der Waals surface area contributed by atoms with E-state index in [2.05, 4.69) is 0 Å². The van der Waals surface area contributed by atoms with Crippen LogP contribution in [0.5, 0.6) is 0 Å². The van der Waals surface area contributed by atoms with Crippen molar-refractivity contribution in [2.24, 2.45) is 11.1 Å². The van der Waals surface area contributed by atoms with E-state index in [0.29, 0.717) is 19.6 Å². The summed E-state index contributed by atoms with van der Waals surface area (Å²) in [5.41, 5.74) is 5.21. The van der Waals surface area contributed by atoms with E-state index in [9.17, 15) is 8.42 Å². The molecule has 12 heavy (non-hydrogen) atoms. The Kier molecular flexibility index (Phi) is 2.47. The van der Waals surface area contributed by atoms with E-state index in [0.717, 1.165) is 0 Å². The second-order valence-electron chi connectivity index (χ2n) is 3.52. The zero-order valence-corrected chi connectivity index (χ0v) is 8.23. The maximum absolute atomic E-state index is 11.1. The second kappa shape index (κ2) is 2.97. The van der Waals surface area contributed by atoms with Crippen LogP contribution in [0.25, 0.3) is 0 Å². The lowest BCUT2D eigenvalue weighted by Gasteiger charge is -2.11. The van der Waals surface area contributed by atoms with E-state index in [1.165, 1.54) is 6.26 Å². The number of hydrogen-bond donors (Lipinski definition) is 1. The minimum absolute atomic E-state index is 0.282. The molecule has 1 aliphatic rings. The SMILES string of the molecule is COC[C@]1(CN)C[C@@H]1S(C)(=O)=O. The number of nitrogens with two attached hydrogens (primary N) is 1. The highest BCUT2D eigenvalue weighted by molar-refractivity contribution is 7.91. The van der Waals surface area contributed by atoms with E-state index in [4.69, 9.17) is 10.5 Å². The van der Waals surface area contributed by atoms with Crippen molar-refractivity contribution in [2.45, 2.75) is 11.7 Å². The van der Waals surface area contributed by atoms with E-state index in [1.807, 2.05) is 0 Å². The molecule has 0 amide bonds. The summed E-state index contributed by atoms with van der Waals surface area (Å²) in [7, 11) is -1.37. The molecular formula is C7H15NO3S. The number of ether oxygens (including phenoxy) is 1. The lowest BCUT2D eigenvalue weighted by Crippen LogP contribution is -2.27. The Labute approximate surface area is 73.0 Å². The molecule has 2 N–H and O–H groups in total. The van der Waals surface area contributed by atoms with Crippen LogP contribution in [0.4, 0.5) is 0 Å². The van der Waals surface area contributed by atoms with Gasteiger partial charge in [0.1, 0.15) is 0 Å². The van der Waals surface area contributed by atoms with Crippen LogP contribution in [0.2, 0.25) is 0 Å². The fraction of sp³-hybridized carbons (Fsp3) is 1.00. The van der Waals surface area contributed by atoms with E-state index in [-0.39, 0.29) is 10.7 Å². The van der Waals surface area contributed by atoms with Gasteiger partial charge < -0.3 is 10.5 Å². The third-order valence-electron chi connectivity index (χ3n) is 2.47. The fourth-order valence-electron chi connectivity index (χ4n) is 1.63. The van der Waals surface area contributed by atoms with Gasteiger partial charge in [0.05, 0.1) is 11.9 Å². The monoisotopic (exact) mass is 193 g/mol. The van der Waals surface area contributed by atoms with Crippen LogP contribution in [0.15, 0.2) is 0 Å². The van der Waals surface area contributed by atoms with Gasteiger partial charge in [0.2, 0.25) is 0 Å². The van der Waals surface area contributed by atoms with E-state index < -0.39 is 9.84 Å². The maximum atomic E-state index is 11.1. The Balaban J connectivity index is 2.68. The molecule has 0 aromatic rings. The highest BCUT2D eigenvalue weighted by atomic mass is 32.2. The Bertz CT molecular complexity index is 262. The molecule has 1 saturated carbocycles. The zero-order valence-electron chi connectivity index (χ0n) is 7.41. The average Bonchev–Trinajstić information content (AvgIpc) is 2.64. The van der Waals surface area contributed by atoms with Crippen molar-refractivity contribution in [2.75, 3.05) is 26.5 Å². The lowest BCUT2D eigenvalue weighted by atomic mass is 10.1. The van der Waals surface area contributed by atoms with Crippen LogP contribution in [-0.2, 0) is 14.6 Å². The molecule has 1 rings (SSSR count). The van der Waals surface area contributed by atoms with Crippen molar-refractivity contribution in [3.05, 3.63) is 0 Å². The van der Waals surface area contributed by atoms with Gasteiger partial charge >= 0.3 is 0 Å². The summed E-state index contributed by atoms with van der Waals surface area (Å²) in [6, 6.07) is 0. The summed E-state index contributed by atoms with van der Waals surface area (Å²) in [4.78, 5) is 0. The van der Waals surface area contributed by atoms with Gasteiger partial charge in [0, 0.05) is 25.3 Å². The molecular weight excluding hydrogens is 178 g/mol. The predicted molar refractivity (Wildman–Crippen MR) is 46.6 cm³/mol. The van der Waals surface area contributed by atoms with E-state index in [1.54, 1.807) is 7.11 Å². The minimum Gasteiger partial charge on any atom is -0.384 e. The lowest BCUT2D eigenvalue weighted by molar-refractivity contribution is 0.145. The van der Waals surface area contributed by atoms with E-state index >= 15 is 0 Å². The van der Waals surface area contributed by atoms with Gasteiger partial charge in [-0.15, -0.1) is 0 Å². The van der Waals surface area contributed by atoms with Gasteiger partial charge in [-0.05, 0) is 6.42 Å². The van der Waals surface area contributed by atoms with Crippen molar-refractivity contribution in [3.8, 4) is 0 Å². The summed E-state index contributed by atoms with van der Waals surface area (Å²) in [6.45, 7) is 0.833. The molecule has 0 unspecified atom stereocenters. The van der Waals surface area contributed by atoms with Gasteiger partial charge in [-0.1, -0.05) is 0 Å². The van der Waals surface area contributed by atoms with Crippen LogP contribution in [0, 0.1) is 5.41 Å². The number of methoxy groups -OCH3 is 1. The fourth-order valence-corrected chi connectivity index (χ4v) is 3.34. The molecule has 1 fully saturated rings. The molecule has 4 nitrogen and oxygen atoms in total. The molecule has 0 spiro atoms. The molecule has 0 heterocycles. The van der Waals surface area contributed by atoms with Gasteiger partial charge in [-0.3, -0.25) is 0 Å². The Hall–Kier alpha value is -0.130. The average molecular weight is 193 g/mol. The minimum atomic E-state index is -2.93. The predicted octanol–water partition coefficient (Wildman–Crippen LogP) is -0.605. The van der Waals surface area contributed by atoms with Crippen molar-refractivity contribution < 1.29 is 13.2 Å². The number of rotatable bonds is 4. The molecule has 0 saturated heterocycles. The third-order valence-corrected chi connectivity index (χ3v) is 4.17. The zero-order chi connectivity index (χ0) is 9.41. The molecule has 0 aromatic heterocycles. The first-order chi connectivity index (χ1) is 5.46. The summed E-state index contributed by atoms with van der Waals surface area (Å²) in [5, 5.41) is -0.282. The van der Waals surface area contributed by atoms with Crippen LogP contribution in [0.3, 0.4) is 0 Å². The van der Waals surface area contributed by atoms with Crippen molar-refractivity contribution in [3.63, 3.8) is 0 Å². The molecule has 0 aliphatic heterocycles. The van der Waals surface area contributed by atoms with Crippen molar-refractivity contribution in [1.29, 1.82) is 0 Å². The number of sulfone groups is 1. The molecule has 5 heteroatoms. The normalized spacial score (nSPS) is 35.1. The summed E-state index contributed by atoms with van der Waals surface area (Å²) < 4.78 is 27.2. The Morgan fingerprint density at radius 2 is 2.25 bits per heavy atom. The van der Waals surface area contributed by atoms with Gasteiger partial charge in [0.15, 0.2) is 9.84 Å². The van der Waals surface area contributed by atoms with Crippen molar-refractivity contribution >= 4 is 9.84 Å². The Morgan fingerprint density at radius 3 is 2.50 bits per heavy atom. The van der Waals surface area contributed by atoms with Crippen molar-refractivity contribution in [1.82, 2.24) is 0 Å². The first-order valence-corrected chi connectivity index (χ1v) is 5.79. The van der Waals surface area contributed by atoms with Crippen LogP contribution < -0.4 is 5.73 Å². The van der Waals surface area contributed by atoms with Gasteiger partial charge in [-0.25, -0.2) is 8.42 Å². The third kappa shape index (κ3) is 1.62. The summed E-state index contributed by atoms with van der Waals surface area (Å²) >= 11 is 0. The highest BCUT2D eigenvalue weighted by Gasteiger charge is 2.58. The second-order valence-corrected chi connectivity index (χ2v) is 5.75. The molecule has 0 aromatic carbocycles. The molecule has 2 atom stereocenters. The van der Waals surface area contributed by atoms with Crippen LogP contribution in [0.1, 0.15) is 6.42 Å². The van der Waals surface area contributed by atoms with Crippen LogP contribution >= 0.6 is 0 Å². The molecule has 0 bridgehead atoms. The first-order valence-electron chi connectivity index (χ1n) is 3.84. The number of hydrogen-bond acceptors (Lipinski definition) is 4. The van der Waals surface area contributed by atoms with Crippen LogP contribution in [-0.4, -0.2) is 40.2 Å². The standard InChI is InChI=1S/C7H15NO3S/c1-11-5-7(4-8)3-6(7)12(2,9)10/h6H,3-5,8H2,1-2H3/t6-,7+/m0/s1. The molecule has 1 aliphatic carbocycles. The first kappa shape index (κ1) is 9.95. The van der Waals surface area contributed by atoms with Gasteiger partial charge in [-0.2, -0.15) is 0 Å².